The molecule has 4 N–H and O–H groups in total. The molecule has 0 aromatic heterocycles. The zero-order chi connectivity index (χ0) is 20.3. The Balaban J connectivity index is 1.56. The van der Waals surface area contributed by atoms with Crippen molar-refractivity contribution in [1.29, 1.82) is 0 Å². The standard InChI is InChI=1S/C17H23ClN4O5S/c18-12-7-13-14(27-10-16(23)21-13)8-15(12)28(25,26)20-4-2-6-22-5-1-3-11(9-22)17(19)24/h7-8,11,20H,1-6,9-10H2,(H2,19,24)(H,21,23). The molecule has 0 saturated carbocycles. The number of halogens is 1. The van der Waals surface area contributed by atoms with Gasteiger partial charge in [0.2, 0.25) is 15.9 Å². The molecule has 1 saturated heterocycles. The predicted octanol–water partition coefficient (Wildman–Crippen LogP) is 0.537. The van der Waals surface area contributed by atoms with Crippen LogP contribution in [0.3, 0.4) is 0 Å². The van der Waals surface area contributed by atoms with E-state index in [1.807, 2.05) is 0 Å². The second kappa shape index (κ2) is 8.64. The second-order valence-electron chi connectivity index (χ2n) is 6.91. The predicted molar refractivity (Wildman–Crippen MR) is 104 cm³/mol. The minimum atomic E-state index is -3.83. The summed E-state index contributed by atoms with van der Waals surface area (Å²) in [6.07, 6.45) is 2.29. The molecule has 154 valence electrons. The van der Waals surface area contributed by atoms with Gasteiger partial charge in [-0.25, -0.2) is 13.1 Å². The molecule has 3 rings (SSSR count). The fraction of sp³-hybridized carbons (Fsp3) is 0.529. The lowest BCUT2D eigenvalue weighted by molar-refractivity contribution is -0.123. The van der Waals surface area contributed by atoms with Crippen LogP contribution in [0, 0.1) is 5.92 Å². The van der Waals surface area contributed by atoms with Crippen LogP contribution in [0.5, 0.6) is 5.75 Å². The Labute approximate surface area is 168 Å². The quantitative estimate of drug-likeness (QED) is 0.541. The largest absolute Gasteiger partial charge is 0.482 e. The van der Waals surface area contributed by atoms with Gasteiger partial charge in [0.25, 0.3) is 5.91 Å². The molecule has 9 nitrogen and oxygen atoms in total. The molecule has 1 aromatic carbocycles. The van der Waals surface area contributed by atoms with Crippen molar-refractivity contribution in [2.24, 2.45) is 11.7 Å². The first-order chi connectivity index (χ1) is 13.3. The Morgan fingerprint density at radius 1 is 1.43 bits per heavy atom. The van der Waals surface area contributed by atoms with Gasteiger partial charge in [0, 0.05) is 19.2 Å². The zero-order valence-electron chi connectivity index (χ0n) is 15.2. The normalized spacial score (nSPS) is 20.2. The number of benzene rings is 1. The number of hydrogen-bond donors (Lipinski definition) is 3. The number of ether oxygens (including phenoxy) is 1. The summed E-state index contributed by atoms with van der Waals surface area (Å²) in [5.74, 6) is -0.491. The number of likely N-dealkylation sites (tertiary alicyclic amines) is 1. The van der Waals surface area contributed by atoms with Crippen LogP contribution in [-0.2, 0) is 19.6 Å². The van der Waals surface area contributed by atoms with E-state index in [0.717, 1.165) is 19.4 Å². The highest BCUT2D eigenvalue weighted by Crippen LogP contribution is 2.35. The Hall–Kier alpha value is -1.88. The van der Waals surface area contributed by atoms with Crippen LogP contribution in [0.25, 0.3) is 0 Å². The van der Waals surface area contributed by atoms with Crippen molar-refractivity contribution in [3.63, 3.8) is 0 Å². The average molecular weight is 431 g/mol. The van der Waals surface area contributed by atoms with Crippen molar-refractivity contribution >= 4 is 39.1 Å². The maximum absolute atomic E-state index is 12.6. The summed E-state index contributed by atoms with van der Waals surface area (Å²) in [6.45, 7) is 2.20. The lowest BCUT2D eigenvalue weighted by atomic mass is 9.97. The van der Waals surface area contributed by atoms with E-state index in [9.17, 15) is 18.0 Å². The molecule has 2 heterocycles. The van der Waals surface area contributed by atoms with Crippen LogP contribution < -0.4 is 20.5 Å². The molecule has 28 heavy (non-hydrogen) atoms. The molecule has 2 amide bonds. The summed E-state index contributed by atoms with van der Waals surface area (Å²) in [5, 5.41) is 2.58. The number of anilines is 1. The third-order valence-corrected chi connectivity index (χ3v) is 6.73. The first kappa shape index (κ1) is 20.8. The van der Waals surface area contributed by atoms with Gasteiger partial charge in [-0.2, -0.15) is 0 Å². The van der Waals surface area contributed by atoms with Crippen molar-refractivity contribution in [2.75, 3.05) is 38.1 Å². The molecule has 1 atom stereocenters. The molecule has 11 heteroatoms. The molecule has 1 unspecified atom stereocenters. The van der Waals surface area contributed by atoms with Crippen molar-refractivity contribution < 1.29 is 22.7 Å². The highest BCUT2D eigenvalue weighted by atomic mass is 35.5. The van der Waals surface area contributed by atoms with E-state index < -0.39 is 10.0 Å². The summed E-state index contributed by atoms with van der Waals surface area (Å²) in [5.41, 5.74) is 5.71. The second-order valence-corrected chi connectivity index (χ2v) is 9.05. The fourth-order valence-electron chi connectivity index (χ4n) is 3.37. The molecule has 0 aliphatic carbocycles. The van der Waals surface area contributed by atoms with Crippen LogP contribution in [-0.4, -0.2) is 57.9 Å². The molecule has 0 radical (unpaired) electrons. The van der Waals surface area contributed by atoms with Crippen molar-refractivity contribution in [3.8, 4) is 5.75 Å². The molecule has 1 aromatic rings. The molecular formula is C17H23ClN4O5S. The van der Waals surface area contributed by atoms with Crippen LogP contribution in [0.4, 0.5) is 5.69 Å². The van der Waals surface area contributed by atoms with Crippen molar-refractivity contribution in [2.45, 2.75) is 24.2 Å². The number of primary amides is 1. The Bertz CT molecular complexity index is 877. The van der Waals surface area contributed by atoms with E-state index in [1.54, 1.807) is 0 Å². The van der Waals surface area contributed by atoms with Gasteiger partial charge >= 0.3 is 0 Å². The average Bonchev–Trinajstić information content (AvgIpc) is 2.64. The number of nitrogens with zero attached hydrogens (tertiary/aromatic N) is 1. The van der Waals surface area contributed by atoms with Gasteiger partial charge in [0.05, 0.1) is 16.6 Å². The van der Waals surface area contributed by atoms with Crippen LogP contribution >= 0.6 is 11.6 Å². The van der Waals surface area contributed by atoms with E-state index >= 15 is 0 Å². The molecule has 2 aliphatic heterocycles. The van der Waals surface area contributed by atoms with Gasteiger partial charge in [0.1, 0.15) is 10.6 Å². The third kappa shape index (κ3) is 4.93. The van der Waals surface area contributed by atoms with Gasteiger partial charge in [0.15, 0.2) is 6.61 Å². The zero-order valence-corrected chi connectivity index (χ0v) is 16.8. The highest BCUT2D eigenvalue weighted by molar-refractivity contribution is 7.89. The maximum Gasteiger partial charge on any atom is 0.262 e. The van der Waals surface area contributed by atoms with Gasteiger partial charge in [-0.1, -0.05) is 11.6 Å². The number of carbonyl (C=O) groups is 2. The number of hydrogen-bond acceptors (Lipinski definition) is 6. The Morgan fingerprint density at radius 2 is 2.21 bits per heavy atom. The summed E-state index contributed by atoms with van der Waals surface area (Å²) >= 11 is 6.10. The Kier molecular flexibility index (Phi) is 6.43. The Morgan fingerprint density at radius 3 is 2.96 bits per heavy atom. The van der Waals surface area contributed by atoms with E-state index in [2.05, 4.69) is 14.9 Å². The van der Waals surface area contributed by atoms with Gasteiger partial charge in [-0.15, -0.1) is 0 Å². The minimum absolute atomic E-state index is 0.00243. The fourth-order valence-corrected chi connectivity index (χ4v) is 4.98. The monoisotopic (exact) mass is 430 g/mol. The smallest absolute Gasteiger partial charge is 0.262 e. The number of nitrogens with two attached hydrogens (primary N) is 1. The number of piperidine rings is 1. The number of amides is 2. The molecule has 0 spiro atoms. The first-order valence-corrected chi connectivity index (χ1v) is 10.9. The van der Waals surface area contributed by atoms with Crippen molar-refractivity contribution in [3.05, 3.63) is 17.2 Å². The third-order valence-electron chi connectivity index (χ3n) is 4.81. The van der Waals surface area contributed by atoms with E-state index in [1.165, 1.54) is 12.1 Å². The molecule has 2 aliphatic rings. The van der Waals surface area contributed by atoms with Gasteiger partial charge in [-0.05, 0) is 38.4 Å². The van der Waals surface area contributed by atoms with Gasteiger partial charge in [-0.3, -0.25) is 9.59 Å². The highest BCUT2D eigenvalue weighted by Gasteiger charge is 2.25. The first-order valence-electron chi connectivity index (χ1n) is 9.04. The number of sulfonamides is 1. The minimum Gasteiger partial charge on any atom is -0.482 e. The van der Waals surface area contributed by atoms with Crippen LogP contribution in [0.2, 0.25) is 5.02 Å². The van der Waals surface area contributed by atoms with E-state index in [0.29, 0.717) is 25.2 Å². The lowest BCUT2D eigenvalue weighted by Gasteiger charge is -2.31. The lowest BCUT2D eigenvalue weighted by Crippen LogP contribution is -2.42. The van der Waals surface area contributed by atoms with Crippen LogP contribution in [0.15, 0.2) is 17.0 Å². The maximum atomic E-state index is 12.6. The summed E-state index contributed by atoms with van der Waals surface area (Å²) < 4.78 is 33.0. The number of nitrogens with one attached hydrogen (secondary N) is 2. The molecule has 0 bridgehead atoms. The summed E-state index contributed by atoms with van der Waals surface area (Å²) in [6, 6.07) is 2.67. The summed E-state index contributed by atoms with van der Waals surface area (Å²) in [4.78, 5) is 24.7. The van der Waals surface area contributed by atoms with Gasteiger partial charge < -0.3 is 20.7 Å². The van der Waals surface area contributed by atoms with E-state index in [4.69, 9.17) is 22.1 Å². The SMILES string of the molecule is NC(=O)C1CCCN(CCCNS(=O)(=O)c2cc3c(cc2Cl)NC(=O)CO3)C1. The number of carbonyl (C=O) groups excluding carboxylic acids is 2. The van der Waals surface area contributed by atoms with Crippen molar-refractivity contribution in [1.82, 2.24) is 9.62 Å². The topological polar surface area (TPSA) is 131 Å². The van der Waals surface area contributed by atoms with Crippen LogP contribution in [0.1, 0.15) is 19.3 Å². The molecule has 1 fully saturated rings. The summed E-state index contributed by atoms with van der Waals surface area (Å²) in [7, 11) is -3.83. The molecular weight excluding hydrogens is 408 g/mol. The van der Waals surface area contributed by atoms with E-state index in [-0.39, 0.29) is 46.6 Å². The number of rotatable bonds is 7. The number of fused-ring (bicyclic) bond motifs is 1.